The molecule has 2 rings (SSSR count). The van der Waals surface area contributed by atoms with Crippen molar-refractivity contribution in [2.45, 2.75) is 6.42 Å². The third-order valence-electron chi connectivity index (χ3n) is 2.49. The predicted octanol–water partition coefficient (Wildman–Crippen LogP) is -0.0319. The van der Waals surface area contributed by atoms with Gasteiger partial charge >= 0.3 is 0 Å². The zero-order valence-corrected chi connectivity index (χ0v) is 8.16. The Morgan fingerprint density at radius 2 is 2.64 bits per heavy atom. The lowest BCUT2D eigenvalue weighted by Gasteiger charge is -2.08. The van der Waals surface area contributed by atoms with Gasteiger partial charge in [-0.2, -0.15) is 0 Å². The zero-order chi connectivity index (χ0) is 9.97. The molecule has 1 aromatic heterocycles. The summed E-state index contributed by atoms with van der Waals surface area (Å²) in [6.07, 6.45) is 4.39. The largest absolute Gasteiger partial charge is 0.320 e. The van der Waals surface area contributed by atoms with Gasteiger partial charge in [-0.1, -0.05) is 0 Å². The summed E-state index contributed by atoms with van der Waals surface area (Å²) in [5.41, 5.74) is 0. The molecular weight excluding hydrogens is 180 g/mol. The lowest BCUT2D eigenvalue weighted by molar-refractivity contribution is -0.119. The first-order valence-corrected chi connectivity index (χ1v) is 4.76. The summed E-state index contributed by atoms with van der Waals surface area (Å²) in [7, 11) is 1.86. The van der Waals surface area contributed by atoms with Crippen molar-refractivity contribution in [3.63, 3.8) is 0 Å². The Balaban J connectivity index is 1.97. The number of rotatable bonds is 2. The molecule has 1 aromatic rings. The summed E-state index contributed by atoms with van der Waals surface area (Å²) in [5, 5.41) is 5.96. The van der Waals surface area contributed by atoms with Crippen LogP contribution in [0.25, 0.3) is 0 Å². The monoisotopic (exact) mass is 194 g/mol. The SMILES string of the molecule is Cn1ccnc1NC(=O)C1CCNC1. The fourth-order valence-electron chi connectivity index (χ4n) is 1.58. The van der Waals surface area contributed by atoms with Crippen LogP contribution < -0.4 is 10.6 Å². The Hall–Kier alpha value is -1.36. The number of nitrogens with zero attached hydrogens (tertiary/aromatic N) is 2. The third-order valence-corrected chi connectivity index (χ3v) is 2.49. The number of nitrogens with one attached hydrogen (secondary N) is 2. The number of hydrogen-bond donors (Lipinski definition) is 2. The maximum absolute atomic E-state index is 11.7. The quantitative estimate of drug-likeness (QED) is 0.695. The van der Waals surface area contributed by atoms with Crippen LogP contribution in [-0.2, 0) is 11.8 Å². The van der Waals surface area contributed by atoms with Crippen LogP contribution in [0.1, 0.15) is 6.42 Å². The minimum Gasteiger partial charge on any atom is -0.320 e. The zero-order valence-electron chi connectivity index (χ0n) is 8.16. The summed E-state index contributed by atoms with van der Waals surface area (Å²) in [6, 6.07) is 0. The topological polar surface area (TPSA) is 59.0 Å². The number of anilines is 1. The molecule has 1 amide bonds. The number of imidazole rings is 1. The Bertz CT molecular complexity index is 327. The standard InChI is InChI=1S/C9H14N4O/c1-13-5-4-11-9(13)12-8(14)7-2-3-10-6-7/h4-5,7,10H,2-3,6H2,1H3,(H,11,12,14). The molecule has 1 aliphatic rings. The molecule has 5 nitrogen and oxygen atoms in total. The maximum Gasteiger partial charge on any atom is 0.231 e. The van der Waals surface area contributed by atoms with Crippen LogP contribution >= 0.6 is 0 Å². The van der Waals surface area contributed by atoms with E-state index in [1.54, 1.807) is 10.8 Å². The normalized spacial score (nSPS) is 21.1. The lowest BCUT2D eigenvalue weighted by Crippen LogP contribution is -2.25. The van der Waals surface area contributed by atoms with Gasteiger partial charge in [0.2, 0.25) is 11.9 Å². The van der Waals surface area contributed by atoms with Gasteiger partial charge in [-0.05, 0) is 13.0 Å². The Kier molecular flexibility index (Phi) is 2.49. The highest BCUT2D eigenvalue weighted by Crippen LogP contribution is 2.10. The average molecular weight is 194 g/mol. The van der Waals surface area contributed by atoms with E-state index in [0.717, 1.165) is 19.5 Å². The molecule has 5 heteroatoms. The molecular formula is C9H14N4O. The molecule has 1 unspecified atom stereocenters. The number of carbonyl (C=O) groups is 1. The molecule has 0 radical (unpaired) electrons. The molecule has 1 aliphatic heterocycles. The molecule has 0 aliphatic carbocycles. The molecule has 0 saturated carbocycles. The van der Waals surface area contributed by atoms with Gasteiger partial charge in [0.15, 0.2) is 0 Å². The Morgan fingerprint density at radius 3 is 3.21 bits per heavy atom. The van der Waals surface area contributed by atoms with Gasteiger partial charge in [-0.25, -0.2) is 4.98 Å². The van der Waals surface area contributed by atoms with Gasteiger partial charge in [0.05, 0.1) is 5.92 Å². The van der Waals surface area contributed by atoms with Crippen LogP contribution in [0.2, 0.25) is 0 Å². The van der Waals surface area contributed by atoms with E-state index in [-0.39, 0.29) is 11.8 Å². The highest BCUT2D eigenvalue weighted by molar-refractivity contribution is 5.91. The predicted molar refractivity (Wildman–Crippen MR) is 52.8 cm³/mol. The van der Waals surface area contributed by atoms with E-state index in [2.05, 4.69) is 15.6 Å². The van der Waals surface area contributed by atoms with Crippen LogP contribution in [0.15, 0.2) is 12.4 Å². The number of aryl methyl sites for hydroxylation is 1. The van der Waals surface area contributed by atoms with E-state index in [9.17, 15) is 4.79 Å². The van der Waals surface area contributed by atoms with E-state index >= 15 is 0 Å². The molecule has 0 aromatic carbocycles. The Labute approximate surface area is 82.5 Å². The number of carbonyl (C=O) groups excluding carboxylic acids is 1. The minimum atomic E-state index is 0.0595. The van der Waals surface area contributed by atoms with E-state index in [1.165, 1.54) is 0 Å². The van der Waals surface area contributed by atoms with Gasteiger partial charge in [0.1, 0.15) is 0 Å². The molecule has 1 fully saturated rings. The van der Waals surface area contributed by atoms with Crippen molar-refractivity contribution < 1.29 is 4.79 Å². The number of amides is 1. The van der Waals surface area contributed by atoms with E-state index in [4.69, 9.17) is 0 Å². The fraction of sp³-hybridized carbons (Fsp3) is 0.556. The number of hydrogen-bond acceptors (Lipinski definition) is 3. The third kappa shape index (κ3) is 1.77. The average Bonchev–Trinajstić information content (AvgIpc) is 2.77. The van der Waals surface area contributed by atoms with Gasteiger partial charge in [0, 0.05) is 26.0 Å². The van der Waals surface area contributed by atoms with Crippen molar-refractivity contribution in [1.82, 2.24) is 14.9 Å². The highest BCUT2D eigenvalue weighted by Gasteiger charge is 2.22. The van der Waals surface area contributed by atoms with Crippen molar-refractivity contribution >= 4 is 11.9 Å². The minimum absolute atomic E-state index is 0.0595. The second kappa shape index (κ2) is 3.79. The van der Waals surface area contributed by atoms with E-state index in [0.29, 0.717) is 5.95 Å². The molecule has 1 atom stereocenters. The summed E-state index contributed by atoms with van der Waals surface area (Å²) in [4.78, 5) is 15.7. The highest BCUT2D eigenvalue weighted by atomic mass is 16.2. The summed E-state index contributed by atoms with van der Waals surface area (Å²) >= 11 is 0. The lowest BCUT2D eigenvalue weighted by atomic mass is 10.1. The molecule has 14 heavy (non-hydrogen) atoms. The Morgan fingerprint density at radius 1 is 1.79 bits per heavy atom. The first-order valence-electron chi connectivity index (χ1n) is 4.76. The maximum atomic E-state index is 11.7. The van der Waals surface area contributed by atoms with Crippen LogP contribution in [0.3, 0.4) is 0 Å². The van der Waals surface area contributed by atoms with Crippen molar-refractivity contribution in [3.8, 4) is 0 Å². The van der Waals surface area contributed by atoms with Crippen molar-refractivity contribution in [2.75, 3.05) is 18.4 Å². The van der Waals surface area contributed by atoms with Gasteiger partial charge in [0.25, 0.3) is 0 Å². The summed E-state index contributed by atoms with van der Waals surface area (Å²) in [6.45, 7) is 1.70. The van der Waals surface area contributed by atoms with Crippen LogP contribution in [-0.4, -0.2) is 28.5 Å². The van der Waals surface area contributed by atoms with Crippen LogP contribution in [0.4, 0.5) is 5.95 Å². The smallest absolute Gasteiger partial charge is 0.231 e. The van der Waals surface area contributed by atoms with Crippen molar-refractivity contribution in [3.05, 3.63) is 12.4 Å². The summed E-state index contributed by atoms with van der Waals surface area (Å²) in [5.74, 6) is 0.762. The molecule has 0 bridgehead atoms. The van der Waals surface area contributed by atoms with E-state index < -0.39 is 0 Å². The fourth-order valence-corrected chi connectivity index (χ4v) is 1.58. The van der Waals surface area contributed by atoms with Crippen molar-refractivity contribution in [2.24, 2.45) is 13.0 Å². The molecule has 2 heterocycles. The van der Waals surface area contributed by atoms with Gasteiger partial charge in [-0.15, -0.1) is 0 Å². The second-order valence-corrected chi connectivity index (χ2v) is 3.54. The molecule has 1 saturated heterocycles. The summed E-state index contributed by atoms with van der Waals surface area (Å²) < 4.78 is 1.79. The molecule has 0 spiro atoms. The molecule has 76 valence electrons. The van der Waals surface area contributed by atoms with Crippen LogP contribution in [0.5, 0.6) is 0 Å². The first kappa shape index (κ1) is 9.21. The number of aromatic nitrogens is 2. The van der Waals surface area contributed by atoms with E-state index in [1.807, 2.05) is 13.2 Å². The first-order chi connectivity index (χ1) is 6.77. The van der Waals surface area contributed by atoms with Gasteiger partial charge in [-0.3, -0.25) is 10.1 Å². The van der Waals surface area contributed by atoms with Crippen LogP contribution in [0, 0.1) is 5.92 Å². The molecule has 2 N–H and O–H groups in total. The van der Waals surface area contributed by atoms with Crippen molar-refractivity contribution in [1.29, 1.82) is 0 Å². The van der Waals surface area contributed by atoms with Gasteiger partial charge < -0.3 is 9.88 Å². The second-order valence-electron chi connectivity index (χ2n) is 3.54.